The summed E-state index contributed by atoms with van der Waals surface area (Å²) in [5.41, 5.74) is 1.44. The lowest BCUT2D eigenvalue weighted by atomic mass is 9.86. The van der Waals surface area contributed by atoms with Crippen molar-refractivity contribution in [3.63, 3.8) is 0 Å². The SMILES string of the molecule is CC#Cc1cnc2c(c1)S(=O)(=O)C=C2Nc1ccc(Cl)c([C@]2(C)CC(=O)N(C)C(=N)N2)c1. The van der Waals surface area contributed by atoms with E-state index < -0.39 is 15.4 Å². The van der Waals surface area contributed by atoms with Gasteiger partial charge < -0.3 is 10.6 Å². The van der Waals surface area contributed by atoms with E-state index in [1.807, 2.05) is 0 Å². The number of aromatic nitrogens is 1. The van der Waals surface area contributed by atoms with Crippen molar-refractivity contribution in [2.45, 2.75) is 30.7 Å². The molecule has 2 aromatic rings. The lowest BCUT2D eigenvalue weighted by Crippen LogP contribution is -2.58. The smallest absolute Gasteiger partial charge is 0.231 e. The highest BCUT2D eigenvalue weighted by Gasteiger charge is 2.39. The van der Waals surface area contributed by atoms with Crippen LogP contribution in [0.2, 0.25) is 5.02 Å². The molecule has 2 aliphatic heterocycles. The molecule has 32 heavy (non-hydrogen) atoms. The molecule has 10 heteroatoms. The Morgan fingerprint density at radius 2 is 2.09 bits per heavy atom. The molecule has 0 unspecified atom stereocenters. The highest BCUT2D eigenvalue weighted by Crippen LogP contribution is 2.37. The van der Waals surface area contributed by atoms with Gasteiger partial charge >= 0.3 is 0 Å². The zero-order valence-electron chi connectivity index (χ0n) is 17.6. The molecule has 1 saturated heterocycles. The number of nitrogens with zero attached hydrogens (tertiary/aromatic N) is 2. The third-order valence-electron chi connectivity index (χ3n) is 5.41. The highest BCUT2D eigenvalue weighted by atomic mass is 35.5. The van der Waals surface area contributed by atoms with E-state index in [0.29, 0.717) is 33.2 Å². The Hall–Kier alpha value is -3.35. The molecule has 2 aliphatic rings. The number of nitrogens with one attached hydrogen (secondary N) is 3. The fourth-order valence-electron chi connectivity index (χ4n) is 3.72. The summed E-state index contributed by atoms with van der Waals surface area (Å²) in [6, 6.07) is 6.62. The topological polar surface area (TPSA) is 115 Å². The van der Waals surface area contributed by atoms with E-state index in [1.54, 1.807) is 32.0 Å². The molecule has 1 amide bonds. The van der Waals surface area contributed by atoms with Crippen molar-refractivity contribution in [3.05, 3.63) is 57.7 Å². The zero-order valence-corrected chi connectivity index (χ0v) is 19.1. The molecule has 1 atom stereocenters. The maximum atomic E-state index is 12.6. The third-order valence-corrected chi connectivity index (χ3v) is 7.20. The number of pyridine rings is 1. The van der Waals surface area contributed by atoms with Gasteiger partial charge in [0.1, 0.15) is 10.6 Å². The van der Waals surface area contributed by atoms with Crippen LogP contribution in [0.3, 0.4) is 0 Å². The Morgan fingerprint density at radius 1 is 1.34 bits per heavy atom. The number of carbonyl (C=O) groups is 1. The van der Waals surface area contributed by atoms with Gasteiger partial charge in [-0.15, -0.1) is 5.92 Å². The minimum atomic E-state index is -3.66. The second-order valence-corrected chi connectivity index (χ2v) is 9.95. The number of fused-ring (bicyclic) bond motifs is 1. The molecule has 1 aromatic carbocycles. The fraction of sp³-hybridized carbons (Fsp3) is 0.227. The largest absolute Gasteiger partial charge is 0.353 e. The highest BCUT2D eigenvalue weighted by molar-refractivity contribution is 7.95. The fourth-order valence-corrected chi connectivity index (χ4v) is 5.38. The predicted octanol–water partition coefficient (Wildman–Crippen LogP) is 2.91. The van der Waals surface area contributed by atoms with Crippen LogP contribution in [0.5, 0.6) is 0 Å². The molecular weight excluding hydrogens is 450 g/mol. The number of anilines is 1. The van der Waals surface area contributed by atoms with Crippen molar-refractivity contribution in [3.8, 4) is 11.8 Å². The molecule has 4 rings (SSSR count). The lowest BCUT2D eigenvalue weighted by molar-refractivity contribution is -0.129. The second kappa shape index (κ2) is 7.65. The van der Waals surface area contributed by atoms with E-state index in [0.717, 1.165) is 5.41 Å². The van der Waals surface area contributed by atoms with Gasteiger partial charge in [0.05, 0.1) is 23.1 Å². The summed E-state index contributed by atoms with van der Waals surface area (Å²) < 4.78 is 25.3. The Kier molecular flexibility index (Phi) is 5.23. The van der Waals surface area contributed by atoms with Crippen LogP contribution in [0.15, 0.2) is 40.8 Å². The summed E-state index contributed by atoms with van der Waals surface area (Å²) in [7, 11) is -2.13. The van der Waals surface area contributed by atoms with Crippen molar-refractivity contribution in [1.82, 2.24) is 15.2 Å². The minimum Gasteiger partial charge on any atom is -0.353 e. The molecule has 1 fully saturated rings. The van der Waals surface area contributed by atoms with Gasteiger partial charge in [-0.05, 0) is 43.7 Å². The molecule has 164 valence electrons. The van der Waals surface area contributed by atoms with E-state index >= 15 is 0 Å². The van der Waals surface area contributed by atoms with Gasteiger partial charge in [0.2, 0.25) is 15.7 Å². The lowest BCUT2D eigenvalue weighted by Gasteiger charge is -2.40. The molecule has 3 N–H and O–H groups in total. The van der Waals surface area contributed by atoms with Crippen molar-refractivity contribution in [1.29, 1.82) is 5.41 Å². The second-order valence-electron chi connectivity index (χ2n) is 7.78. The van der Waals surface area contributed by atoms with E-state index in [9.17, 15) is 13.2 Å². The molecule has 0 aliphatic carbocycles. The average Bonchev–Trinajstić information content (AvgIpc) is 2.97. The van der Waals surface area contributed by atoms with Gasteiger partial charge in [0.25, 0.3) is 0 Å². The molecule has 0 bridgehead atoms. The zero-order chi connectivity index (χ0) is 23.3. The number of hydrogen-bond donors (Lipinski definition) is 3. The van der Waals surface area contributed by atoms with Crippen LogP contribution < -0.4 is 10.6 Å². The number of amides is 1. The standard InChI is InChI=1S/C22H20ClN5O3S/c1-4-5-13-8-18-20(25-11-13)17(12-32(18,30)31)26-14-6-7-16(23)15(9-14)22(2)10-19(29)28(3)21(24)27-22/h6-9,11-12,26H,10H2,1-3H3,(H2,24,27)/t22-/m0/s1. The van der Waals surface area contributed by atoms with Crippen LogP contribution in [-0.2, 0) is 20.2 Å². The summed E-state index contributed by atoms with van der Waals surface area (Å²) in [6.45, 7) is 3.46. The normalized spacial score (nSPS) is 21.2. The molecule has 0 spiro atoms. The Balaban J connectivity index is 1.70. The van der Waals surface area contributed by atoms with E-state index in [2.05, 4.69) is 27.5 Å². The molecule has 0 radical (unpaired) electrons. The maximum Gasteiger partial charge on any atom is 0.231 e. The molecular formula is C22H20ClN5O3S. The van der Waals surface area contributed by atoms with Crippen LogP contribution in [0.25, 0.3) is 5.70 Å². The molecule has 8 nitrogen and oxygen atoms in total. The van der Waals surface area contributed by atoms with Crippen molar-refractivity contribution in [2.75, 3.05) is 12.4 Å². The quantitative estimate of drug-likeness (QED) is 0.595. The van der Waals surface area contributed by atoms with Crippen LogP contribution in [0.4, 0.5) is 5.69 Å². The van der Waals surface area contributed by atoms with Gasteiger partial charge in [0.15, 0.2) is 5.96 Å². The third kappa shape index (κ3) is 3.72. The number of sulfone groups is 1. The first-order valence-corrected chi connectivity index (χ1v) is 11.6. The number of guanidine groups is 1. The van der Waals surface area contributed by atoms with Gasteiger partial charge in [-0.1, -0.05) is 17.5 Å². The van der Waals surface area contributed by atoms with Crippen LogP contribution in [0.1, 0.15) is 37.1 Å². The van der Waals surface area contributed by atoms with Gasteiger partial charge in [-0.2, -0.15) is 0 Å². The van der Waals surface area contributed by atoms with Crippen molar-refractivity contribution < 1.29 is 13.2 Å². The van der Waals surface area contributed by atoms with Gasteiger partial charge in [-0.25, -0.2) is 8.42 Å². The average molecular weight is 470 g/mol. The minimum absolute atomic E-state index is 0.0214. The number of hydrogen-bond acceptors (Lipinski definition) is 6. The Bertz CT molecular complexity index is 1350. The first-order valence-electron chi connectivity index (χ1n) is 9.64. The number of halogens is 1. The van der Waals surface area contributed by atoms with Crippen molar-refractivity contribution in [2.24, 2.45) is 0 Å². The maximum absolute atomic E-state index is 12.6. The van der Waals surface area contributed by atoms with Gasteiger partial charge in [0, 0.05) is 29.5 Å². The summed E-state index contributed by atoms with van der Waals surface area (Å²) >= 11 is 6.44. The molecule has 0 saturated carbocycles. The number of carbonyl (C=O) groups excluding carboxylic acids is 1. The first-order chi connectivity index (χ1) is 15.0. The first kappa shape index (κ1) is 21.9. The Labute approximate surface area is 191 Å². The summed E-state index contributed by atoms with van der Waals surface area (Å²) in [5.74, 6) is 5.31. The predicted molar refractivity (Wildman–Crippen MR) is 123 cm³/mol. The van der Waals surface area contributed by atoms with E-state index in [-0.39, 0.29) is 23.2 Å². The summed E-state index contributed by atoms with van der Waals surface area (Å²) in [4.78, 5) is 18.0. The number of benzene rings is 1. The number of rotatable bonds is 3. The monoisotopic (exact) mass is 469 g/mol. The summed E-state index contributed by atoms with van der Waals surface area (Å²) in [6.07, 6.45) is 1.64. The van der Waals surface area contributed by atoms with Crippen LogP contribution >= 0.6 is 11.6 Å². The molecule has 1 aromatic heterocycles. The Morgan fingerprint density at radius 3 is 2.78 bits per heavy atom. The van der Waals surface area contributed by atoms with E-state index in [1.165, 1.54) is 24.2 Å². The van der Waals surface area contributed by atoms with E-state index in [4.69, 9.17) is 17.0 Å². The van der Waals surface area contributed by atoms with Crippen LogP contribution in [0, 0.1) is 17.3 Å². The van der Waals surface area contributed by atoms with Gasteiger partial charge in [-0.3, -0.25) is 20.1 Å². The van der Waals surface area contributed by atoms with Crippen LogP contribution in [-0.4, -0.2) is 37.2 Å². The molecule has 3 heterocycles. The van der Waals surface area contributed by atoms with Crippen molar-refractivity contribution >= 4 is 44.7 Å². The summed E-state index contributed by atoms with van der Waals surface area (Å²) in [5, 5.41) is 15.8.